The van der Waals surface area contributed by atoms with Crippen LogP contribution in [0.25, 0.3) is 0 Å². The second-order valence-electron chi connectivity index (χ2n) is 4.12. The first-order chi connectivity index (χ1) is 7.67. The highest BCUT2D eigenvalue weighted by Gasteiger charge is 2.24. The van der Waals surface area contributed by atoms with E-state index in [0.717, 1.165) is 25.9 Å². The van der Waals surface area contributed by atoms with Crippen molar-refractivity contribution in [1.29, 1.82) is 0 Å². The van der Waals surface area contributed by atoms with Gasteiger partial charge in [-0.05, 0) is 26.3 Å². The molecule has 5 nitrogen and oxygen atoms in total. The van der Waals surface area contributed by atoms with Gasteiger partial charge in [0, 0.05) is 20.2 Å². The van der Waals surface area contributed by atoms with E-state index in [0.29, 0.717) is 13.2 Å². The van der Waals surface area contributed by atoms with E-state index in [2.05, 4.69) is 4.90 Å². The summed E-state index contributed by atoms with van der Waals surface area (Å²) in [6.07, 6.45) is 2.44. The molecule has 94 valence electrons. The molecule has 16 heavy (non-hydrogen) atoms. The van der Waals surface area contributed by atoms with Crippen molar-refractivity contribution < 1.29 is 14.3 Å². The van der Waals surface area contributed by atoms with Crippen LogP contribution in [0.1, 0.15) is 19.8 Å². The summed E-state index contributed by atoms with van der Waals surface area (Å²) >= 11 is 0. The largest absolute Gasteiger partial charge is 0.465 e. The maximum absolute atomic E-state index is 11.4. The Morgan fingerprint density at radius 3 is 3.00 bits per heavy atom. The molecule has 5 heteroatoms. The van der Waals surface area contributed by atoms with Gasteiger partial charge in [0.1, 0.15) is 6.04 Å². The zero-order valence-corrected chi connectivity index (χ0v) is 10.1. The van der Waals surface area contributed by atoms with E-state index in [1.807, 2.05) is 0 Å². The van der Waals surface area contributed by atoms with Crippen LogP contribution in [-0.2, 0) is 14.3 Å². The van der Waals surface area contributed by atoms with Crippen molar-refractivity contribution in [2.24, 2.45) is 5.73 Å². The van der Waals surface area contributed by atoms with Crippen molar-refractivity contribution >= 4 is 5.97 Å². The van der Waals surface area contributed by atoms with Crippen LogP contribution in [0.3, 0.4) is 0 Å². The first kappa shape index (κ1) is 13.4. The summed E-state index contributed by atoms with van der Waals surface area (Å²) in [7, 11) is 1.72. The fraction of sp³-hybridized carbons (Fsp3) is 0.909. The normalized spacial score (nSPS) is 24.1. The number of nitrogens with two attached hydrogens (primary N) is 1. The maximum Gasteiger partial charge on any atom is 0.324 e. The lowest BCUT2D eigenvalue weighted by Gasteiger charge is -2.32. The Bertz CT molecular complexity index is 223. The van der Waals surface area contributed by atoms with Crippen LogP contribution >= 0.6 is 0 Å². The van der Waals surface area contributed by atoms with Gasteiger partial charge in [-0.3, -0.25) is 9.69 Å². The van der Waals surface area contributed by atoms with Crippen LogP contribution in [0.4, 0.5) is 0 Å². The van der Waals surface area contributed by atoms with Gasteiger partial charge >= 0.3 is 5.97 Å². The molecule has 0 aliphatic carbocycles. The smallest absolute Gasteiger partial charge is 0.324 e. The zero-order chi connectivity index (χ0) is 12.0. The van der Waals surface area contributed by atoms with Crippen molar-refractivity contribution in [1.82, 2.24) is 4.90 Å². The van der Waals surface area contributed by atoms with E-state index < -0.39 is 6.04 Å². The molecule has 2 unspecified atom stereocenters. The highest BCUT2D eigenvalue weighted by molar-refractivity contribution is 5.75. The quantitative estimate of drug-likeness (QED) is 0.673. The van der Waals surface area contributed by atoms with Crippen LogP contribution in [0, 0.1) is 0 Å². The Hall–Kier alpha value is -0.650. The van der Waals surface area contributed by atoms with Gasteiger partial charge in [0.05, 0.1) is 12.7 Å². The Balaban J connectivity index is 2.32. The average molecular weight is 230 g/mol. The highest BCUT2D eigenvalue weighted by Crippen LogP contribution is 2.12. The van der Waals surface area contributed by atoms with Crippen LogP contribution < -0.4 is 5.73 Å². The summed E-state index contributed by atoms with van der Waals surface area (Å²) in [6.45, 7) is 4.55. The fourth-order valence-corrected chi connectivity index (χ4v) is 1.97. The monoisotopic (exact) mass is 230 g/mol. The molecule has 0 aromatic carbocycles. The van der Waals surface area contributed by atoms with Crippen molar-refractivity contribution in [2.45, 2.75) is 31.9 Å². The number of likely N-dealkylation sites (tertiary alicyclic amines) is 1. The van der Waals surface area contributed by atoms with Gasteiger partial charge in [0.25, 0.3) is 0 Å². The molecule has 0 bridgehead atoms. The number of carbonyl (C=O) groups excluding carboxylic acids is 1. The summed E-state index contributed by atoms with van der Waals surface area (Å²) in [5.41, 5.74) is 5.76. The number of hydrogen-bond acceptors (Lipinski definition) is 5. The molecule has 1 heterocycles. The zero-order valence-electron chi connectivity index (χ0n) is 10.1. The summed E-state index contributed by atoms with van der Waals surface area (Å²) in [6, 6.07) is -0.546. The van der Waals surface area contributed by atoms with E-state index in [4.69, 9.17) is 15.2 Å². The molecule has 0 saturated carbocycles. The van der Waals surface area contributed by atoms with Gasteiger partial charge in [-0.2, -0.15) is 0 Å². The minimum Gasteiger partial charge on any atom is -0.465 e. The lowest BCUT2D eigenvalue weighted by Crippen LogP contribution is -2.48. The molecular weight excluding hydrogens is 208 g/mol. The van der Waals surface area contributed by atoms with Gasteiger partial charge in [-0.15, -0.1) is 0 Å². The number of ether oxygens (including phenoxy) is 2. The third-order valence-electron chi connectivity index (χ3n) is 2.84. The third-order valence-corrected chi connectivity index (χ3v) is 2.84. The van der Waals surface area contributed by atoms with Gasteiger partial charge in [-0.25, -0.2) is 0 Å². The minimum atomic E-state index is -0.546. The van der Waals surface area contributed by atoms with Gasteiger partial charge in [0.2, 0.25) is 0 Å². The maximum atomic E-state index is 11.4. The van der Waals surface area contributed by atoms with Crippen molar-refractivity contribution in [2.75, 3.05) is 33.4 Å². The van der Waals surface area contributed by atoms with E-state index in [1.54, 1.807) is 14.0 Å². The molecule has 0 spiro atoms. The van der Waals surface area contributed by atoms with Gasteiger partial charge in [0.15, 0.2) is 0 Å². The number of esters is 1. The topological polar surface area (TPSA) is 64.8 Å². The molecular formula is C11H22N2O3. The summed E-state index contributed by atoms with van der Waals surface area (Å²) in [4.78, 5) is 13.5. The first-order valence-electron chi connectivity index (χ1n) is 5.84. The number of carbonyl (C=O) groups is 1. The Labute approximate surface area is 96.9 Å². The standard InChI is InChI=1S/C11H22N2O3/c1-3-16-11(14)10(12)8-13-6-4-5-9(7-13)15-2/h9-10H,3-8,12H2,1-2H3. The SMILES string of the molecule is CCOC(=O)C(N)CN1CCCC(OC)C1. The number of hydrogen-bond donors (Lipinski definition) is 1. The number of piperidine rings is 1. The molecule has 2 atom stereocenters. The van der Waals surface area contributed by atoms with Crippen LogP contribution in [0.2, 0.25) is 0 Å². The van der Waals surface area contributed by atoms with Gasteiger partial charge < -0.3 is 15.2 Å². The third kappa shape index (κ3) is 4.08. The molecule has 0 aromatic rings. The molecule has 0 aromatic heterocycles. The summed E-state index contributed by atoms with van der Waals surface area (Å²) in [5, 5.41) is 0. The lowest BCUT2D eigenvalue weighted by molar-refractivity contribution is -0.145. The molecule has 1 aliphatic rings. The molecule has 2 N–H and O–H groups in total. The highest BCUT2D eigenvalue weighted by atomic mass is 16.5. The van der Waals surface area contributed by atoms with E-state index in [1.165, 1.54) is 0 Å². The summed E-state index contributed by atoms with van der Waals surface area (Å²) < 4.78 is 10.2. The molecule has 1 saturated heterocycles. The van der Waals surface area contributed by atoms with Gasteiger partial charge in [-0.1, -0.05) is 0 Å². The molecule has 1 rings (SSSR count). The second-order valence-corrected chi connectivity index (χ2v) is 4.12. The van der Waals surface area contributed by atoms with Crippen LogP contribution in [-0.4, -0.2) is 56.4 Å². The van der Waals surface area contributed by atoms with E-state index >= 15 is 0 Å². The van der Waals surface area contributed by atoms with E-state index in [9.17, 15) is 4.79 Å². The second kappa shape index (κ2) is 6.83. The first-order valence-corrected chi connectivity index (χ1v) is 5.84. The lowest BCUT2D eigenvalue weighted by atomic mass is 10.1. The Morgan fingerprint density at radius 2 is 2.38 bits per heavy atom. The molecule has 1 aliphatic heterocycles. The van der Waals surface area contributed by atoms with Crippen molar-refractivity contribution in [3.05, 3.63) is 0 Å². The Kier molecular flexibility index (Phi) is 5.73. The van der Waals surface area contributed by atoms with E-state index in [-0.39, 0.29) is 12.1 Å². The Morgan fingerprint density at radius 1 is 1.62 bits per heavy atom. The number of methoxy groups -OCH3 is 1. The predicted molar refractivity (Wildman–Crippen MR) is 61.1 cm³/mol. The molecule has 0 amide bonds. The van der Waals surface area contributed by atoms with Crippen molar-refractivity contribution in [3.63, 3.8) is 0 Å². The van der Waals surface area contributed by atoms with Crippen molar-refractivity contribution in [3.8, 4) is 0 Å². The average Bonchev–Trinajstić information content (AvgIpc) is 2.29. The van der Waals surface area contributed by atoms with Crippen LogP contribution in [0.15, 0.2) is 0 Å². The fourth-order valence-electron chi connectivity index (χ4n) is 1.97. The predicted octanol–water partition coefficient (Wildman–Crippen LogP) is -0.0124. The summed E-state index contributed by atoms with van der Waals surface area (Å²) in [5.74, 6) is -0.318. The molecule has 1 fully saturated rings. The number of rotatable bonds is 5. The van der Waals surface area contributed by atoms with Crippen LogP contribution in [0.5, 0.6) is 0 Å². The number of nitrogens with zero attached hydrogens (tertiary/aromatic N) is 1. The molecule has 0 radical (unpaired) electrons. The minimum absolute atomic E-state index is 0.267.